The average molecular weight is 430 g/mol. The number of hydrogen-bond acceptors (Lipinski definition) is 2. The zero-order valence-corrected chi connectivity index (χ0v) is 19.3. The van der Waals surface area contributed by atoms with Crippen LogP contribution in [0.4, 0.5) is 0 Å². The van der Waals surface area contributed by atoms with Gasteiger partial charge in [0, 0.05) is 29.4 Å². The molecule has 2 aromatic carbocycles. The Morgan fingerprint density at radius 2 is 1.81 bits per heavy atom. The maximum absolute atomic E-state index is 13.9. The largest absolute Gasteiger partial charge is 0.356 e. The minimum absolute atomic E-state index is 0.0130. The van der Waals surface area contributed by atoms with E-state index in [1.807, 2.05) is 30.9 Å². The molecule has 166 valence electrons. The third-order valence-corrected chi connectivity index (χ3v) is 7.68. The predicted octanol–water partition coefficient (Wildman–Crippen LogP) is 4.56. The van der Waals surface area contributed by atoms with Crippen LogP contribution in [-0.4, -0.2) is 45.7 Å². The second-order valence-corrected chi connectivity index (χ2v) is 9.37. The minimum Gasteiger partial charge on any atom is -0.356 e. The summed E-state index contributed by atoms with van der Waals surface area (Å²) in [5.74, 6) is 0.0537. The molecule has 3 unspecified atom stereocenters. The standard InChI is InChI=1S/C27H31N3O2/c1-5-17(3)29-16-23(31)30-15-21(19-13-11-18(6-2)12-14-19)24-20-9-7-8-10-22(20)28-25(24)27(30,4)26(29)32/h7-14,17,21,28H,5-6,15-16H2,1-4H3. The van der Waals surface area contributed by atoms with E-state index in [1.165, 1.54) is 11.1 Å². The molecule has 0 aliphatic carbocycles. The molecule has 5 nitrogen and oxygen atoms in total. The lowest BCUT2D eigenvalue weighted by Crippen LogP contribution is -2.68. The van der Waals surface area contributed by atoms with E-state index in [9.17, 15) is 9.59 Å². The molecule has 1 saturated heterocycles. The van der Waals surface area contributed by atoms with Gasteiger partial charge in [-0.1, -0.05) is 56.3 Å². The van der Waals surface area contributed by atoms with Crippen molar-refractivity contribution in [3.8, 4) is 0 Å². The summed E-state index contributed by atoms with van der Waals surface area (Å²) in [5, 5.41) is 1.13. The topological polar surface area (TPSA) is 56.4 Å². The molecule has 5 heteroatoms. The van der Waals surface area contributed by atoms with Gasteiger partial charge in [0.2, 0.25) is 5.91 Å². The first kappa shape index (κ1) is 20.8. The van der Waals surface area contributed by atoms with Crippen molar-refractivity contribution in [3.05, 3.63) is 70.9 Å². The Morgan fingerprint density at radius 3 is 2.50 bits per heavy atom. The van der Waals surface area contributed by atoms with Crippen LogP contribution >= 0.6 is 0 Å². The van der Waals surface area contributed by atoms with Gasteiger partial charge in [-0.3, -0.25) is 9.59 Å². The van der Waals surface area contributed by atoms with E-state index in [2.05, 4.69) is 55.2 Å². The monoisotopic (exact) mass is 429 g/mol. The van der Waals surface area contributed by atoms with E-state index in [4.69, 9.17) is 0 Å². The van der Waals surface area contributed by atoms with Crippen LogP contribution in [0.2, 0.25) is 0 Å². The highest BCUT2D eigenvalue weighted by Crippen LogP contribution is 2.48. The fourth-order valence-corrected chi connectivity index (χ4v) is 5.49. The van der Waals surface area contributed by atoms with Crippen LogP contribution in [0, 0.1) is 0 Å². The highest BCUT2D eigenvalue weighted by atomic mass is 16.2. The molecule has 0 spiro atoms. The van der Waals surface area contributed by atoms with Crippen molar-refractivity contribution in [2.24, 2.45) is 0 Å². The first-order chi connectivity index (χ1) is 15.4. The van der Waals surface area contributed by atoms with Crippen LogP contribution < -0.4 is 0 Å². The SMILES string of the molecule is CCc1ccc(C2CN3C(=O)CN(C(C)CC)C(=O)C3(C)c3[nH]c4ccccc4c32)cc1. The van der Waals surface area contributed by atoms with Crippen molar-refractivity contribution in [1.82, 2.24) is 14.8 Å². The maximum Gasteiger partial charge on any atom is 0.255 e. The first-order valence-electron chi connectivity index (χ1n) is 11.7. The Balaban J connectivity index is 1.73. The molecule has 0 bridgehead atoms. The number of rotatable bonds is 4. The van der Waals surface area contributed by atoms with E-state index in [1.54, 1.807) is 4.90 Å². The normalized spacial score (nSPS) is 23.9. The molecular weight excluding hydrogens is 398 g/mol. The van der Waals surface area contributed by atoms with Crippen molar-refractivity contribution in [2.45, 2.75) is 58.0 Å². The predicted molar refractivity (Wildman–Crippen MR) is 126 cm³/mol. The Bertz CT molecular complexity index is 1200. The van der Waals surface area contributed by atoms with Gasteiger partial charge in [0.15, 0.2) is 5.54 Å². The fraction of sp³-hybridized carbons (Fsp3) is 0.407. The van der Waals surface area contributed by atoms with E-state index < -0.39 is 5.54 Å². The van der Waals surface area contributed by atoms with E-state index in [-0.39, 0.29) is 30.3 Å². The number of carbonyl (C=O) groups is 2. The summed E-state index contributed by atoms with van der Waals surface area (Å²) in [6.07, 6.45) is 1.81. The van der Waals surface area contributed by atoms with Gasteiger partial charge in [-0.15, -0.1) is 0 Å². The van der Waals surface area contributed by atoms with E-state index in [0.29, 0.717) is 6.54 Å². The fourth-order valence-electron chi connectivity index (χ4n) is 5.49. The van der Waals surface area contributed by atoms with Crippen molar-refractivity contribution in [2.75, 3.05) is 13.1 Å². The molecular formula is C27H31N3O2. The molecule has 1 N–H and O–H groups in total. The van der Waals surface area contributed by atoms with Gasteiger partial charge in [-0.25, -0.2) is 0 Å². The third-order valence-electron chi connectivity index (χ3n) is 7.68. The number of carbonyl (C=O) groups excluding carboxylic acids is 2. The average Bonchev–Trinajstić information content (AvgIpc) is 3.22. The summed E-state index contributed by atoms with van der Waals surface area (Å²) in [6, 6.07) is 17.0. The zero-order valence-electron chi connectivity index (χ0n) is 19.3. The van der Waals surface area contributed by atoms with Gasteiger partial charge in [-0.05, 0) is 49.4 Å². The second-order valence-electron chi connectivity index (χ2n) is 9.37. The van der Waals surface area contributed by atoms with E-state index >= 15 is 0 Å². The number of para-hydroxylation sites is 1. The lowest BCUT2D eigenvalue weighted by molar-refractivity contribution is -0.168. The number of aryl methyl sites for hydroxylation is 1. The summed E-state index contributed by atoms with van der Waals surface area (Å²) in [4.78, 5) is 34.5. The Labute approximate surface area is 189 Å². The lowest BCUT2D eigenvalue weighted by atomic mass is 9.76. The van der Waals surface area contributed by atoms with Crippen LogP contribution in [0.5, 0.6) is 0 Å². The number of nitrogens with one attached hydrogen (secondary N) is 1. The van der Waals surface area contributed by atoms with Crippen molar-refractivity contribution in [1.29, 1.82) is 0 Å². The van der Waals surface area contributed by atoms with Crippen molar-refractivity contribution >= 4 is 22.7 Å². The number of piperazine rings is 1. The summed E-state index contributed by atoms with van der Waals surface area (Å²) in [7, 11) is 0. The molecule has 3 aromatic rings. The molecule has 1 fully saturated rings. The van der Waals surface area contributed by atoms with Crippen molar-refractivity contribution in [3.63, 3.8) is 0 Å². The molecule has 1 aromatic heterocycles. The van der Waals surface area contributed by atoms with Gasteiger partial charge in [0.25, 0.3) is 5.91 Å². The van der Waals surface area contributed by atoms with Gasteiger partial charge < -0.3 is 14.8 Å². The van der Waals surface area contributed by atoms with Crippen LogP contribution in [0.15, 0.2) is 48.5 Å². The van der Waals surface area contributed by atoms with E-state index in [0.717, 1.165) is 35.0 Å². The first-order valence-corrected chi connectivity index (χ1v) is 11.7. The number of H-pyrrole nitrogens is 1. The number of aromatic nitrogens is 1. The Hall–Kier alpha value is -3.08. The quantitative estimate of drug-likeness (QED) is 0.661. The number of amides is 2. The molecule has 3 atom stereocenters. The van der Waals surface area contributed by atoms with Crippen LogP contribution in [-0.2, 0) is 21.5 Å². The number of fused-ring (bicyclic) bond motifs is 5. The smallest absolute Gasteiger partial charge is 0.255 e. The summed E-state index contributed by atoms with van der Waals surface area (Å²) in [6.45, 7) is 8.82. The highest BCUT2D eigenvalue weighted by molar-refractivity contribution is 6.01. The number of benzene rings is 2. The molecule has 5 rings (SSSR count). The van der Waals surface area contributed by atoms with Crippen LogP contribution in [0.1, 0.15) is 62.4 Å². The molecule has 2 aliphatic rings. The Morgan fingerprint density at radius 1 is 1.09 bits per heavy atom. The molecule has 0 saturated carbocycles. The number of nitrogens with zero attached hydrogens (tertiary/aromatic N) is 2. The van der Waals surface area contributed by atoms with Crippen LogP contribution in [0.3, 0.4) is 0 Å². The second kappa shape index (κ2) is 7.51. The zero-order chi connectivity index (χ0) is 22.6. The van der Waals surface area contributed by atoms with Gasteiger partial charge in [-0.2, -0.15) is 0 Å². The minimum atomic E-state index is -1.02. The van der Waals surface area contributed by atoms with Gasteiger partial charge in [0.1, 0.15) is 6.54 Å². The van der Waals surface area contributed by atoms with Crippen LogP contribution in [0.25, 0.3) is 10.9 Å². The van der Waals surface area contributed by atoms with Gasteiger partial charge >= 0.3 is 0 Å². The molecule has 32 heavy (non-hydrogen) atoms. The van der Waals surface area contributed by atoms with Gasteiger partial charge in [0.05, 0.1) is 5.69 Å². The summed E-state index contributed by atoms with van der Waals surface area (Å²) < 4.78 is 0. The third kappa shape index (κ3) is 2.83. The molecule has 3 heterocycles. The lowest BCUT2D eigenvalue weighted by Gasteiger charge is -2.52. The maximum atomic E-state index is 13.9. The molecule has 2 amide bonds. The van der Waals surface area contributed by atoms with Crippen molar-refractivity contribution < 1.29 is 9.59 Å². The summed E-state index contributed by atoms with van der Waals surface area (Å²) in [5.41, 5.74) is 4.47. The molecule has 0 radical (unpaired) electrons. The molecule has 2 aliphatic heterocycles. The Kier molecular flexibility index (Phi) is 4.88. The number of hydrogen-bond donors (Lipinski definition) is 1. The summed E-state index contributed by atoms with van der Waals surface area (Å²) >= 11 is 0. The number of aromatic amines is 1. The highest BCUT2D eigenvalue weighted by Gasteiger charge is 2.56.